The molecule has 9 heteroatoms. The number of likely N-dealkylation sites (tertiary alicyclic amines) is 1. The summed E-state index contributed by atoms with van der Waals surface area (Å²) >= 11 is 0.940. The average molecular weight is 517 g/mol. The van der Waals surface area contributed by atoms with E-state index in [1.807, 2.05) is 60.7 Å². The van der Waals surface area contributed by atoms with Crippen LogP contribution in [0.2, 0.25) is 0 Å². The van der Waals surface area contributed by atoms with Crippen molar-refractivity contribution in [3.8, 4) is 0 Å². The molecule has 0 aromatic heterocycles. The number of carbonyl (C=O) groups is 3. The third-order valence-electron chi connectivity index (χ3n) is 6.02. The standard InChI is InChI=1S/C27H33FN2O5S/c1-3-34-26(33)27(28,18-10-14-21-12-6-4-7-13-21)29-20(2)24(31)30-19-11-17-23(30)25(32)35-36-22-15-8-5-9-16-22/h4-9,12-13,15-16,20,23,29H,3,10-11,14,17-19H2,1-2H3/t20-,23-,27?/m0/s1. The molecule has 7 nitrogen and oxygen atoms in total. The molecular weight excluding hydrogens is 483 g/mol. The second-order valence-corrected chi connectivity index (χ2v) is 9.52. The quantitative estimate of drug-likeness (QED) is 0.253. The Bertz CT molecular complexity index is 1010. The van der Waals surface area contributed by atoms with Crippen LogP contribution in [-0.4, -0.2) is 53.8 Å². The van der Waals surface area contributed by atoms with E-state index in [2.05, 4.69) is 5.32 Å². The molecule has 0 bridgehead atoms. The molecule has 1 heterocycles. The Morgan fingerprint density at radius 2 is 1.81 bits per heavy atom. The van der Waals surface area contributed by atoms with Crippen molar-refractivity contribution < 1.29 is 27.7 Å². The molecule has 1 aliphatic heterocycles. The first-order valence-electron chi connectivity index (χ1n) is 12.3. The number of nitrogens with one attached hydrogen (secondary N) is 1. The van der Waals surface area contributed by atoms with Gasteiger partial charge in [-0.2, -0.15) is 0 Å². The fourth-order valence-electron chi connectivity index (χ4n) is 4.21. The maximum atomic E-state index is 15.9. The van der Waals surface area contributed by atoms with Crippen LogP contribution < -0.4 is 5.32 Å². The Balaban J connectivity index is 1.61. The summed E-state index contributed by atoms with van der Waals surface area (Å²) in [6, 6.07) is 16.9. The van der Waals surface area contributed by atoms with Crippen LogP contribution in [0.1, 0.15) is 45.1 Å². The molecule has 0 aliphatic carbocycles. The van der Waals surface area contributed by atoms with Crippen molar-refractivity contribution in [1.82, 2.24) is 10.2 Å². The Morgan fingerprint density at radius 3 is 2.47 bits per heavy atom. The van der Waals surface area contributed by atoms with E-state index < -0.39 is 35.7 Å². The zero-order valence-electron chi connectivity index (χ0n) is 20.7. The van der Waals surface area contributed by atoms with Crippen molar-refractivity contribution in [2.24, 2.45) is 0 Å². The molecule has 3 rings (SSSR count). The zero-order chi connectivity index (χ0) is 26.0. The van der Waals surface area contributed by atoms with Gasteiger partial charge in [0.05, 0.1) is 24.7 Å². The molecule has 1 amide bonds. The summed E-state index contributed by atoms with van der Waals surface area (Å²) in [6.45, 7) is 3.47. The summed E-state index contributed by atoms with van der Waals surface area (Å²) in [4.78, 5) is 40.6. The van der Waals surface area contributed by atoms with Gasteiger partial charge in [0.25, 0.3) is 5.79 Å². The molecule has 1 fully saturated rings. The monoisotopic (exact) mass is 516 g/mol. The van der Waals surface area contributed by atoms with E-state index in [1.54, 1.807) is 6.92 Å². The first-order valence-corrected chi connectivity index (χ1v) is 13.0. The maximum absolute atomic E-state index is 15.9. The van der Waals surface area contributed by atoms with E-state index in [0.717, 1.165) is 22.5 Å². The smallest absolute Gasteiger partial charge is 0.359 e. The molecule has 194 valence electrons. The molecule has 1 aliphatic rings. The fourth-order valence-corrected chi connectivity index (χ4v) is 4.77. The molecular formula is C27H33FN2O5S. The topological polar surface area (TPSA) is 84.9 Å². The maximum Gasteiger partial charge on any atom is 0.359 e. The van der Waals surface area contributed by atoms with Gasteiger partial charge < -0.3 is 13.8 Å². The first kappa shape index (κ1) is 27.7. The highest BCUT2D eigenvalue weighted by atomic mass is 32.2. The number of hydrogen-bond acceptors (Lipinski definition) is 7. The average Bonchev–Trinajstić information content (AvgIpc) is 3.38. The van der Waals surface area contributed by atoms with E-state index in [4.69, 9.17) is 8.92 Å². The van der Waals surface area contributed by atoms with E-state index >= 15 is 4.39 Å². The predicted octanol–water partition coefficient (Wildman–Crippen LogP) is 4.46. The third-order valence-corrected chi connectivity index (χ3v) is 6.73. The summed E-state index contributed by atoms with van der Waals surface area (Å²) < 4.78 is 26.2. The van der Waals surface area contributed by atoms with Crippen LogP contribution in [-0.2, 0) is 29.7 Å². The summed E-state index contributed by atoms with van der Waals surface area (Å²) in [5.41, 5.74) is 1.03. The normalized spacial score (nSPS) is 17.8. The Kier molecular flexibility index (Phi) is 10.3. The fraction of sp³-hybridized carbons (Fsp3) is 0.444. The number of esters is 1. The molecule has 2 aromatic carbocycles. The number of rotatable bonds is 12. The van der Waals surface area contributed by atoms with Gasteiger partial charge in [-0.15, -0.1) is 0 Å². The number of amides is 1. The Labute approximate surface area is 215 Å². The van der Waals surface area contributed by atoms with Gasteiger partial charge in [-0.3, -0.25) is 10.1 Å². The molecule has 3 atom stereocenters. The molecule has 0 spiro atoms. The highest BCUT2D eigenvalue weighted by molar-refractivity contribution is 7.95. The largest absolute Gasteiger partial charge is 0.463 e. The molecule has 0 saturated carbocycles. The van der Waals surface area contributed by atoms with Gasteiger partial charge in [-0.05, 0) is 57.2 Å². The molecule has 1 saturated heterocycles. The van der Waals surface area contributed by atoms with Gasteiger partial charge in [0.15, 0.2) is 0 Å². The number of ether oxygens (including phenoxy) is 1. The van der Waals surface area contributed by atoms with Crippen LogP contribution in [0, 0.1) is 0 Å². The lowest BCUT2D eigenvalue weighted by Gasteiger charge is -2.31. The van der Waals surface area contributed by atoms with Crippen molar-refractivity contribution >= 4 is 29.9 Å². The van der Waals surface area contributed by atoms with Crippen LogP contribution in [0.5, 0.6) is 0 Å². The summed E-state index contributed by atoms with van der Waals surface area (Å²) in [5.74, 6) is -4.57. The predicted molar refractivity (Wildman–Crippen MR) is 136 cm³/mol. The zero-order valence-corrected chi connectivity index (χ0v) is 21.5. The van der Waals surface area contributed by atoms with Gasteiger partial charge in [-0.1, -0.05) is 48.5 Å². The number of benzene rings is 2. The van der Waals surface area contributed by atoms with Crippen LogP contribution in [0.15, 0.2) is 65.6 Å². The third kappa shape index (κ3) is 7.54. The Morgan fingerprint density at radius 1 is 1.14 bits per heavy atom. The van der Waals surface area contributed by atoms with Crippen LogP contribution >= 0.6 is 12.0 Å². The van der Waals surface area contributed by atoms with Crippen LogP contribution in [0.3, 0.4) is 0 Å². The van der Waals surface area contributed by atoms with Gasteiger partial charge in [0.2, 0.25) is 5.91 Å². The summed E-state index contributed by atoms with van der Waals surface area (Å²) in [5, 5.41) is 2.57. The number of nitrogens with zero attached hydrogens (tertiary/aromatic N) is 1. The molecule has 1 N–H and O–H groups in total. The molecule has 36 heavy (non-hydrogen) atoms. The molecule has 1 unspecified atom stereocenters. The number of alkyl halides is 1. The highest BCUT2D eigenvalue weighted by Gasteiger charge is 2.44. The van der Waals surface area contributed by atoms with E-state index in [-0.39, 0.29) is 13.0 Å². The van der Waals surface area contributed by atoms with Gasteiger partial charge in [-0.25, -0.2) is 14.0 Å². The summed E-state index contributed by atoms with van der Waals surface area (Å²) in [6.07, 6.45) is 1.89. The van der Waals surface area contributed by atoms with E-state index in [1.165, 1.54) is 11.8 Å². The summed E-state index contributed by atoms with van der Waals surface area (Å²) in [7, 11) is 0. The minimum Gasteiger partial charge on any atom is -0.463 e. The van der Waals surface area contributed by atoms with Gasteiger partial charge in [0.1, 0.15) is 6.04 Å². The van der Waals surface area contributed by atoms with Crippen molar-refractivity contribution in [2.75, 3.05) is 13.2 Å². The van der Waals surface area contributed by atoms with Crippen molar-refractivity contribution in [1.29, 1.82) is 0 Å². The minimum absolute atomic E-state index is 0.0202. The first-order chi connectivity index (χ1) is 17.3. The van der Waals surface area contributed by atoms with Gasteiger partial charge in [0, 0.05) is 17.9 Å². The second kappa shape index (κ2) is 13.4. The lowest BCUT2D eigenvalue weighted by atomic mass is 10.0. The second-order valence-electron chi connectivity index (χ2n) is 8.72. The van der Waals surface area contributed by atoms with Crippen LogP contribution in [0.25, 0.3) is 0 Å². The van der Waals surface area contributed by atoms with Crippen molar-refractivity contribution in [3.05, 3.63) is 66.2 Å². The number of halogens is 1. The number of hydrogen-bond donors (Lipinski definition) is 1. The highest BCUT2D eigenvalue weighted by Crippen LogP contribution is 2.26. The van der Waals surface area contributed by atoms with Gasteiger partial charge >= 0.3 is 11.9 Å². The minimum atomic E-state index is -2.53. The van der Waals surface area contributed by atoms with E-state index in [9.17, 15) is 14.4 Å². The lowest BCUT2D eigenvalue weighted by molar-refractivity contribution is -0.162. The molecule has 0 radical (unpaired) electrons. The molecule has 2 aromatic rings. The SMILES string of the molecule is CCOC(=O)C(F)(CCCc1ccccc1)N[C@@H](C)C(=O)N1CCC[C@H]1C(=O)OSc1ccccc1. The van der Waals surface area contributed by atoms with Crippen molar-refractivity contribution in [3.63, 3.8) is 0 Å². The Hall–Kier alpha value is -2.91. The number of carbonyl (C=O) groups excluding carboxylic acids is 3. The van der Waals surface area contributed by atoms with Crippen LogP contribution in [0.4, 0.5) is 4.39 Å². The van der Waals surface area contributed by atoms with Crippen molar-refractivity contribution in [2.45, 2.75) is 68.7 Å². The van der Waals surface area contributed by atoms with E-state index in [0.29, 0.717) is 32.2 Å². The number of aryl methyl sites for hydroxylation is 1. The lowest BCUT2D eigenvalue weighted by Crippen LogP contribution is -2.58.